The number of carbonyl (C=O) groups is 2. The summed E-state index contributed by atoms with van der Waals surface area (Å²) in [4.78, 5) is 36.5. The van der Waals surface area contributed by atoms with Gasteiger partial charge in [-0.1, -0.05) is 19.8 Å². The van der Waals surface area contributed by atoms with E-state index < -0.39 is 44.8 Å². The van der Waals surface area contributed by atoms with Crippen molar-refractivity contribution in [3.05, 3.63) is 56.6 Å². The molecule has 0 radical (unpaired) electrons. The van der Waals surface area contributed by atoms with Gasteiger partial charge < -0.3 is 15.5 Å². The van der Waals surface area contributed by atoms with Gasteiger partial charge in [-0.05, 0) is 24.6 Å². The van der Waals surface area contributed by atoms with Crippen molar-refractivity contribution in [1.82, 2.24) is 0 Å². The highest BCUT2D eigenvalue weighted by Crippen LogP contribution is 2.42. The fraction of sp³-hybridized carbons (Fsp3) is 0.263. The monoisotopic (exact) mass is 370 g/mol. The summed E-state index contributed by atoms with van der Waals surface area (Å²) in [6.45, 7) is 2.59. The molecule has 0 unspecified atom stereocenters. The molecule has 0 heterocycles. The van der Waals surface area contributed by atoms with Crippen molar-refractivity contribution in [1.29, 1.82) is 0 Å². The van der Waals surface area contributed by atoms with Crippen LogP contribution in [0.5, 0.6) is 11.5 Å². The minimum absolute atomic E-state index is 0.113. The number of rotatable bonds is 6. The average molecular weight is 370 g/mol. The average Bonchev–Trinajstić information content (AvgIpc) is 2.63. The van der Waals surface area contributed by atoms with Gasteiger partial charge in [-0.2, -0.15) is 0 Å². The van der Waals surface area contributed by atoms with Crippen LogP contribution >= 0.6 is 0 Å². The SMILES string of the molecule is CCCCCNc1ccc(O)c2c1C(=O)c1c([N+](=O)[O-])ccc(O)c1C2=O. The topological polar surface area (TPSA) is 130 Å². The van der Waals surface area contributed by atoms with Crippen LogP contribution in [0.4, 0.5) is 11.4 Å². The predicted octanol–water partition coefficient (Wildman–Crippen LogP) is 3.38. The molecule has 0 aliphatic heterocycles. The lowest BCUT2D eigenvalue weighted by molar-refractivity contribution is -0.385. The number of benzene rings is 2. The molecule has 2 aromatic carbocycles. The van der Waals surface area contributed by atoms with Gasteiger partial charge in [-0.15, -0.1) is 0 Å². The molecular weight excluding hydrogens is 352 g/mol. The zero-order chi connectivity index (χ0) is 19.7. The number of nitrogens with one attached hydrogen (secondary N) is 1. The van der Waals surface area contributed by atoms with E-state index in [0.29, 0.717) is 12.2 Å². The molecule has 2 aromatic rings. The van der Waals surface area contributed by atoms with Crippen LogP contribution in [0.15, 0.2) is 24.3 Å². The van der Waals surface area contributed by atoms with E-state index in [9.17, 15) is 29.9 Å². The maximum absolute atomic E-state index is 13.1. The van der Waals surface area contributed by atoms with E-state index in [1.807, 2.05) is 6.92 Å². The number of fused-ring (bicyclic) bond motifs is 2. The number of aromatic hydroxyl groups is 2. The largest absolute Gasteiger partial charge is 0.507 e. The minimum Gasteiger partial charge on any atom is -0.507 e. The zero-order valence-electron chi connectivity index (χ0n) is 14.6. The van der Waals surface area contributed by atoms with E-state index in [0.717, 1.165) is 31.4 Å². The van der Waals surface area contributed by atoms with Crippen LogP contribution in [-0.2, 0) is 0 Å². The highest BCUT2D eigenvalue weighted by Gasteiger charge is 2.40. The summed E-state index contributed by atoms with van der Waals surface area (Å²) in [7, 11) is 0. The summed E-state index contributed by atoms with van der Waals surface area (Å²) in [5.41, 5.74) is -1.53. The Morgan fingerprint density at radius 1 is 0.926 bits per heavy atom. The Morgan fingerprint density at radius 2 is 1.52 bits per heavy atom. The summed E-state index contributed by atoms with van der Waals surface area (Å²) in [6.07, 6.45) is 2.82. The lowest BCUT2D eigenvalue weighted by Gasteiger charge is -2.22. The molecule has 8 heteroatoms. The summed E-state index contributed by atoms with van der Waals surface area (Å²) in [5, 5.41) is 34.6. The fourth-order valence-corrected chi connectivity index (χ4v) is 3.25. The quantitative estimate of drug-likeness (QED) is 0.262. The van der Waals surface area contributed by atoms with E-state index in [2.05, 4.69) is 5.32 Å². The van der Waals surface area contributed by atoms with Gasteiger partial charge in [0.15, 0.2) is 0 Å². The second-order valence-electron chi connectivity index (χ2n) is 6.29. The molecule has 0 atom stereocenters. The Labute approximate surface area is 154 Å². The molecule has 0 saturated carbocycles. The third-order valence-corrected chi connectivity index (χ3v) is 4.55. The molecule has 0 fully saturated rings. The minimum atomic E-state index is -0.824. The summed E-state index contributed by atoms with van der Waals surface area (Å²) >= 11 is 0. The molecule has 0 spiro atoms. The van der Waals surface area contributed by atoms with Crippen LogP contribution in [-0.4, -0.2) is 33.2 Å². The zero-order valence-corrected chi connectivity index (χ0v) is 14.6. The number of nitro groups is 1. The van der Waals surface area contributed by atoms with Gasteiger partial charge in [0, 0.05) is 18.3 Å². The van der Waals surface area contributed by atoms with Crippen molar-refractivity contribution >= 4 is 22.9 Å². The third-order valence-electron chi connectivity index (χ3n) is 4.55. The van der Waals surface area contributed by atoms with Crippen molar-refractivity contribution in [2.24, 2.45) is 0 Å². The van der Waals surface area contributed by atoms with E-state index in [4.69, 9.17) is 0 Å². The van der Waals surface area contributed by atoms with Crippen LogP contribution in [0.2, 0.25) is 0 Å². The number of anilines is 1. The first kappa shape index (κ1) is 18.4. The van der Waals surface area contributed by atoms with Crippen molar-refractivity contribution in [3.63, 3.8) is 0 Å². The van der Waals surface area contributed by atoms with Crippen LogP contribution in [0.25, 0.3) is 0 Å². The molecule has 0 aromatic heterocycles. The molecular formula is C19H18N2O6. The van der Waals surface area contributed by atoms with Crippen LogP contribution < -0.4 is 5.32 Å². The maximum Gasteiger partial charge on any atom is 0.281 e. The predicted molar refractivity (Wildman–Crippen MR) is 97.7 cm³/mol. The lowest BCUT2D eigenvalue weighted by atomic mass is 9.81. The molecule has 8 nitrogen and oxygen atoms in total. The lowest BCUT2D eigenvalue weighted by Crippen LogP contribution is -2.24. The molecule has 1 aliphatic carbocycles. The second-order valence-corrected chi connectivity index (χ2v) is 6.29. The Balaban J connectivity index is 2.18. The Kier molecular flexibility index (Phi) is 4.81. The number of unbranched alkanes of at least 4 members (excludes halogenated alkanes) is 2. The normalized spacial score (nSPS) is 12.5. The van der Waals surface area contributed by atoms with E-state index in [-0.39, 0.29) is 11.1 Å². The first-order chi connectivity index (χ1) is 12.9. The second kappa shape index (κ2) is 7.06. The molecule has 1 aliphatic rings. The molecule has 3 rings (SSSR count). The standard InChI is InChI=1S/C19H18N2O6/c1-2-3-4-9-20-10-5-7-12(22)16-14(10)18(24)15-11(21(26)27)6-8-13(23)17(15)19(16)25/h5-8,20,22-23H,2-4,9H2,1H3. The van der Waals surface area contributed by atoms with Gasteiger partial charge in [0.25, 0.3) is 5.69 Å². The van der Waals surface area contributed by atoms with Crippen LogP contribution in [0.1, 0.15) is 58.0 Å². The van der Waals surface area contributed by atoms with E-state index in [1.54, 1.807) is 0 Å². The molecule has 27 heavy (non-hydrogen) atoms. The fourth-order valence-electron chi connectivity index (χ4n) is 3.25. The molecule has 0 amide bonds. The first-order valence-corrected chi connectivity index (χ1v) is 8.58. The van der Waals surface area contributed by atoms with E-state index >= 15 is 0 Å². The highest BCUT2D eigenvalue weighted by atomic mass is 16.6. The number of ketones is 2. The van der Waals surface area contributed by atoms with Crippen molar-refractivity contribution in [2.75, 3.05) is 11.9 Å². The first-order valence-electron chi connectivity index (χ1n) is 8.58. The Hall–Kier alpha value is -3.42. The summed E-state index contributed by atoms with van der Waals surface area (Å²) < 4.78 is 0. The smallest absolute Gasteiger partial charge is 0.281 e. The highest BCUT2D eigenvalue weighted by molar-refractivity contribution is 6.33. The number of carbonyl (C=O) groups excluding carboxylic acids is 2. The third kappa shape index (κ3) is 2.99. The van der Waals surface area contributed by atoms with Gasteiger partial charge in [0.2, 0.25) is 11.6 Å². The number of nitrogens with zero attached hydrogens (tertiary/aromatic N) is 1. The molecule has 3 N–H and O–H groups in total. The Morgan fingerprint density at radius 3 is 2.15 bits per heavy atom. The Bertz CT molecular complexity index is 967. The van der Waals surface area contributed by atoms with Crippen LogP contribution in [0.3, 0.4) is 0 Å². The van der Waals surface area contributed by atoms with Gasteiger partial charge >= 0.3 is 0 Å². The number of nitro benzene ring substituents is 1. The van der Waals surface area contributed by atoms with Crippen molar-refractivity contribution < 1.29 is 24.7 Å². The number of hydrogen-bond acceptors (Lipinski definition) is 7. The summed E-state index contributed by atoms with van der Waals surface area (Å²) in [6, 6.07) is 4.73. The van der Waals surface area contributed by atoms with Gasteiger partial charge in [-0.25, -0.2) is 0 Å². The molecule has 0 bridgehead atoms. The van der Waals surface area contributed by atoms with Crippen LogP contribution in [0, 0.1) is 10.1 Å². The molecule has 0 saturated heterocycles. The number of hydrogen-bond donors (Lipinski definition) is 3. The van der Waals surface area contributed by atoms with E-state index in [1.165, 1.54) is 12.1 Å². The number of phenolic OH excluding ortho intramolecular Hbond substituents is 2. The summed E-state index contributed by atoms with van der Waals surface area (Å²) in [5.74, 6) is -2.56. The maximum atomic E-state index is 13.1. The van der Waals surface area contributed by atoms with Gasteiger partial charge in [0.05, 0.1) is 21.6 Å². The van der Waals surface area contributed by atoms with Gasteiger partial charge in [-0.3, -0.25) is 19.7 Å². The van der Waals surface area contributed by atoms with Crippen molar-refractivity contribution in [3.8, 4) is 11.5 Å². The number of phenols is 2. The molecule has 140 valence electrons. The van der Waals surface area contributed by atoms with Crippen molar-refractivity contribution in [2.45, 2.75) is 26.2 Å². The van der Waals surface area contributed by atoms with Gasteiger partial charge in [0.1, 0.15) is 17.1 Å².